The van der Waals surface area contributed by atoms with Gasteiger partial charge in [0.15, 0.2) is 0 Å². The first-order chi connectivity index (χ1) is 12.5. The Morgan fingerprint density at radius 2 is 2.00 bits per heavy atom. The molecule has 1 saturated heterocycles. The van der Waals surface area contributed by atoms with Crippen molar-refractivity contribution >= 4 is 29.1 Å². The zero-order valence-electron chi connectivity index (χ0n) is 14.8. The van der Waals surface area contributed by atoms with Crippen LogP contribution < -0.4 is 15.0 Å². The average molecular weight is 373 g/mol. The van der Waals surface area contributed by atoms with Crippen molar-refractivity contribution in [3.8, 4) is 5.75 Å². The third kappa shape index (κ3) is 3.83. The van der Waals surface area contributed by atoms with E-state index in [9.17, 15) is 9.59 Å². The standard InChI is InChI=1S/C20H21ClN2O3/c1-13-17(21)4-3-5-18(13)23-12-15(10-19(23)24)20(25)22-11-14-6-8-16(26-2)9-7-14/h3-9,15H,10-12H2,1-2H3,(H,22,25)/t15-/m0/s1. The number of ether oxygens (including phenoxy) is 1. The number of rotatable bonds is 5. The monoisotopic (exact) mass is 372 g/mol. The Bertz CT molecular complexity index is 820. The first-order valence-corrected chi connectivity index (χ1v) is 8.83. The minimum atomic E-state index is -0.362. The molecule has 0 saturated carbocycles. The molecule has 1 aliphatic heterocycles. The van der Waals surface area contributed by atoms with E-state index in [1.165, 1.54) is 0 Å². The van der Waals surface area contributed by atoms with Crippen molar-refractivity contribution in [1.82, 2.24) is 5.32 Å². The lowest BCUT2D eigenvalue weighted by atomic mass is 10.1. The molecule has 26 heavy (non-hydrogen) atoms. The number of hydrogen-bond donors (Lipinski definition) is 1. The van der Waals surface area contributed by atoms with E-state index in [0.29, 0.717) is 18.1 Å². The molecule has 6 heteroatoms. The molecule has 0 radical (unpaired) electrons. The van der Waals surface area contributed by atoms with E-state index in [-0.39, 0.29) is 24.2 Å². The van der Waals surface area contributed by atoms with Crippen molar-refractivity contribution in [2.75, 3.05) is 18.6 Å². The largest absolute Gasteiger partial charge is 0.497 e. The van der Waals surface area contributed by atoms with Gasteiger partial charge in [-0.2, -0.15) is 0 Å². The fourth-order valence-corrected chi connectivity index (χ4v) is 3.25. The molecule has 1 N–H and O–H groups in total. The summed E-state index contributed by atoms with van der Waals surface area (Å²) in [6.45, 7) is 2.67. The Morgan fingerprint density at radius 1 is 1.27 bits per heavy atom. The van der Waals surface area contributed by atoms with Crippen LogP contribution >= 0.6 is 11.6 Å². The molecule has 0 aromatic heterocycles. The number of carbonyl (C=O) groups excluding carboxylic acids is 2. The van der Waals surface area contributed by atoms with Gasteiger partial charge in [-0.15, -0.1) is 0 Å². The molecule has 1 heterocycles. The Balaban J connectivity index is 1.62. The van der Waals surface area contributed by atoms with Crippen LogP contribution in [0.4, 0.5) is 5.69 Å². The highest BCUT2D eigenvalue weighted by molar-refractivity contribution is 6.31. The fourth-order valence-electron chi connectivity index (χ4n) is 3.08. The number of methoxy groups -OCH3 is 1. The van der Waals surface area contributed by atoms with E-state index in [0.717, 1.165) is 22.6 Å². The highest BCUT2D eigenvalue weighted by Gasteiger charge is 2.35. The van der Waals surface area contributed by atoms with Gasteiger partial charge in [0.05, 0.1) is 13.0 Å². The number of benzene rings is 2. The van der Waals surface area contributed by atoms with Gasteiger partial charge in [-0.25, -0.2) is 0 Å². The van der Waals surface area contributed by atoms with Crippen molar-refractivity contribution in [3.05, 3.63) is 58.6 Å². The van der Waals surface area contributed by atoms with E-state index in [4.69, 9.17) is 16.3 Å². The van der Waals surface area contributed by atoms with Crippen LogP contribution in [0.5, 0.6) is 5.75 Å². The zero-order chi connectivity index (χ0) is 18.7. The maximum absolute atomic E-state index is 12.5. The molecule has 0 unspecified atom stereocenters. The van der Waals surface area contributed by atoms with E-state index in [1.807, 2.05) is 43.3 Å². The molecule has 5 nitrogen and oxygen atoms in total. The predicted molar refractivity (Wildman–Crippen MR) is 101 cm³/mol. The third-order valence-corrected chi connectivity index (χ3v) is 5.06. The van der Waals surface area contributed by atoms with Gasteiger partial charge in [-0.1, -0.05) is 29.8 Å². The molecule has 2 aromatic rings. The second-order valence-electron chi connectivity index (χ2n) is 6.36. The Kier molecular flexibility index (Phi) is 5.47. The quantitative estimate of drug-likeness (QED) is 0.875. The number of hydrogen-bond acceptors (Lipinski definition) is 3. The third-order valence-electron chi connectivity index (χ3n) is 4.65. The summed E-state index contributed by atoms with van der Waals surface area (Å²) in [4.78, 5) is 26.5. The lowest BCUT2D eigenvalue weighted by Crippen LogP contribution is -2.32. The summed E-state index contributed by atoms with van der Waals surface area (Å²) in [5, 5.41) is 3.53. The molecule has 1 fully saturated rings. The van der Waals surface area contributed by atoms with Crippen molar-refractivity contribution in [3.63, 3.8) is 0 Å². The summed E-state index contributed by atoms with van der Waals surface area (Å²) in [5.41, 5.74) is 2.60. The summed E-state index contributed by atoms with van der Waals surface area (Å²) in [6.07, 6.45) is 0.209. The van der Waals surface area contributed by atoms with Gasteiger partial charge in [-0.05, 0) is 42.3 Å². The molecule has 1 aliphatic rings. The van der Waals surface area contributed by atoms with Crippen LogP contribution in [0.3, 0.4) is 0 Å². The van der Waals surface area contributed by atoms with Gasteiger partial charge < -0.3 is 15.0 Å². The highest BCUT2D eigenvalue weighted by atomic mass is 35.5. The smallest absolute Gasteiger partial charge is 0.227 e. The normalized spacial score (nSPS) is 16.7. The maximum atomic E-state index is 12.5. The number of nitrogens with one attached hydrogen (secondary N) is 1. The van der Waals surface area contributed by atoms with Crippen LogP contribution in [0.1, 0.15) is 17.5 Å². The van der Waals surface area contributed by atoms with E-state index < -0.39 is 0 Å². The number of amides is 2. The van der Waals surface area contributed by atoms with Crippen LogP contribution in [-0.2, 0) is 16.1 Å². The van der Waals surface area contributed by atoms with Crippen LogP contribution in [0, 0.1) is 12.8 Å². The molecule has 1 atom stereocenters. The lowest BCUT2D eigenvalue weighted by molar-refractivity contribution is -0.126. The summed E-state index contributed by atoms with van der Waals surface area (Å²) in [6, 6.07) is 13.0. The van der Waals surface area contributed by atoms with Crippen LogP contribution in [0.15, 0.2) is 42.5 Å². The van der Waals surface area contributed by atoms with Gasteiger partial charge >= 0.3 is 0 Å². The number of anilines is 1. The predicted octanol–water partition coefficient (Wildman–Crippen LogP) is 3.33. The fraction of sp³-hybridized carbons (Fsp3) is 0.300. The minimum absolute atomic E-state index is 0.0556. The average Bonchev–Trinajstić information content (AvgIpc) is 3.04. The van der Waals surface area contributed by atoms with Crippen LogP contribution in [-0.4, -0.2) is 25.5 Å². The van der Waals surface area contributed by atoms with Gasteiger partial charge in [0, 0.05) is 30.2 Å². The molecule has 2 amide bonds. The van der Waals surface area contributed by atoms with Gasteiger partial charge in [0.1, 0.15) is 5.75 Å². The SMILES string of the molecule is COc1ccc(CNC(=O)[C@H]2CC(=O)N(c3cccc(Cl)c3C)C2)cc1. The summed E-state index contributed by atoms with van der Waals surface area (Å²) < 4.78 is 5.12. The van der Waals surface area contributed by atoms with Gasteiger partial charge in [-0.3, -0.25) is 9.59 Å². The van der Waals surface area contributed by atoms with E-state index in [2.05, 4.69) is 5.32 Å². The van der Waals surface area contributed by atoms with Crippen molar-refractivity contribution < 1.29 is 14.3 Å². The van der Waals surface area contributed by atoms with Crippen molar-refractivity contribution in [2.24, 2.45) is 5.92 Å². The van der Waals surface area contributed by atoms with Gasteiger partial charge in [0.25, 0.3) is 0 Å². The molecule has 136 valence electrons. The summed E-state index contributed by atoms with van der Waals surface area (Å²) in [7, 11) is 1.61. The first-order valence-electron chi connectivity index (χ1n) is 8.45. The zero-order valence-corrected chi connectivity index (χ0v) is 15.5. The number of nitrogens with zero attached hydrogens (tertiary/aromatic N) is 1. The lowest BCUT2D eigenvalue weighted by Gasteiger charge is -2.19. The molecule has 0 spiro atoms. The molecule has 0 aliphatic carbocycles. The molecule has 3 rings (SSSR count). The molecular formula is C20H21ClN2O3. The van der Waals surface area contributed by atoms with Crippen LogP contribution in [0.2, 0.25) is 5.02 Å². The first kappa shape index (κ1) is 18.3. The Labute approximate surface area is 157 Å². The number of halogens is 1. The molecular weight excluding hydrogens is 352 g/mol. The highest BCUT2D eigenvalue weighted by Crippen LogP contribution is 2.31. The second kappa shape index (κ2) is 7.79. The molecule has 0 bridgehead atoms. The topological polar surface area (TPSA) is 58.6 Å². The van der Waals surface area contributed by atoms with Crippen molar-refractivity contribution in [2.45, 2.75) is 19.9 Å². The summed E-state index contributed by atoms with van der Waals surface area (Å²) >= 11 is 6.15. The van der Waals surface area contributed by atoms with Crippen LogP contribution in [0.25, 0.3) is 0 Å². The van der Waals surface area contributed by atoms with E-state index >= 15 is 0 Å². The van der Waals surface area contributed by atoms with E-state index in [1.54, 1.807) is 18.1 Å². The molecule has 2 aromatic carbocycles. The van der Waals surface area contributed by atoms with Crippen molar-refractivity contribution in [1.29, 1.82) is 0 Å². The minimum Gasteiger partial charge on any atom is -0.497 e. The van der Waals surface area contributed by atoms with Gasteiger partial charge in [0.2, 0.25) is 11.8 Å². The second-order valence-corrected chi connectivity index (χ2v) is 6.76. The Morgan fingerprint density at radius 3 is 2.69 bits per heavy atom. The number of carbonyl (C=O) groups is 2. The Hall–Kier alpha value is -2.53. The summed E-state index contributed by atoms with van der Waals surface area (Å²) in [5.74, 6) is 0.240. The maximum Gasteiger partial charge on any atom is 0.227 e.